The first-order chi connectivity index (χ1) is 6.88. The van der Waals surface area contributed by atoms with Crippen molar-refractivity contribution in [2.75, 3.05) is 0 Å². The van der Waals surface area contributed by atoms with E-state index < -0.39 is 31.5 Å². The van der Waals surface area contributed by atoms with Crippen molar-refractivity contribution in [2.24, 2.45) is 10.8 Å². The molecule has 2 aliphatic rings. The maximum Gasteiger partial charge on any atom is 0.312 e. The number of carbonyl (C=O) groups excluding carboxylic acids is 1. The smallest absolute Gasteiger partial charge is 0.312 e. The fraction of sp³-hybridized carbons (Fsp3) is 0.900. The van der Waals surface area contributed by atoms with Crippen LogP contribution in [-0.2, 0) is 9.53 Å². The number of esters is 1. The summed E-state index contributed by atoms with van der Waals surface area (Å²) < 4.78 is 3.51. The van der Waals surface area contributed by atoms with E-state index in [4.69, 9.17) is 47.4 Å². The van der Waals surface area contributed by atoms with Gasteiger partial charge < -0.3 is 4.74 Å². The lowest BCUT2D eigenvalue weighted by Crippen LogP contribution is -2.48. The molecule has 1 aliphatic carbocycles. The number of ether oxygens (including phenoxy) is 1. The molecule has 16 heavy (non-hydrogen) atoms. The Morgan fingerprint density at radius 2 is 1.62 bits per heavy atom. The molecule has 1 aliphatic heterocycles. The molecule has 0 aromatic rings. The van der Waals surface area contributed by atoms with Gasteiger partial charge in [-0.25, -0.2) is 0 Å². The maximum absolute atomic E-state index is 11.9. The molecule has 2 fully saturated rings. The van der Waals surface area contributed by atoms with Crippen molar-refractivity contribution in [3.8, 4) is 0 Å². The van der Waals surface area contributed by atoms with Gasteiger partial charge in [-0.1, -0.05) is 48.7 Å². The predicted octanol–water partition coefficient (Wildman–Crippen LogP) is 3.05. The van der Waals surface area contributed by atoms with Crippen molar-refractivity contribution in [1.29, 1.82) is 0 Å². The van der Waals surface area contributed by atoms with Crippen molar-refractivity contribution in [1.82, 2.24) is 0 Å². The van der Waals surface area contributed by atoms with E-state index in [0.29, 0.717) is 0 Å². The van der Waals surface area contributed by atoms with Crippen LogP contribution in [0.5, 0.6) is 0 Å². The van der Waals surface area contributed by atoms with Crippen LogP contribution in [0.4, 0.5) is 0 Å². The molecular weight excluding hydrogens is 269 g/mol. The summed E-state index contributed by atoms with van der Waals surface area (Å²) in [7, 11) is 6.32. The van der Waals surface area contributed by atoms with Gasteiger partial charge in [-0.05, 0) is 24.6 Å². The van der Waals surface area contributed by atoms with Crippen molar-refractivity contribution in [2.45, 2.75) is 42.4 Å². The molecule has 6 heteroatoms. The Bertz CT molecular complexity index is 390. The highest BCUT2D eigenvalue weighted by molar-refractivity contribution is 6.69. The van der Waals surface area contributed by atoms with E-state index in [1.165, 1.54) is 0 Å². The Morgan fingerprint density at radius 1 is 1.19 bits per heavy atom. The number of rotatable bonds is 0. The van der Waals surface area contributed by atoms with E-state index in [2.05, 4.69) is 0 Å². The summed E-state index contributed by atoms with van der Waals surface area (Å²) in [6.07, 6.45) is 0. The summed E-state index contributed by atoms with van der Waals surface area (Å²) in [6.45, 7) is 7.12. The SMILES string of the molecule is [B]C12C(C)(C)C1(C)C(=O)OC2(C)C(Cl)(Cl)Cl. The van der Waals surface area contributed by atoms with E-state index in [-0.39, 0.29) is 0 Å². The lowest BCUT2D eigenvalue weighted by atomic mass is 9.65. The van der Waals surface area contributed by atoms with Gasteiger partial charge >= 0.3 is 5.97 Å². The summed E-state index contributed by atoms with van der Waals surface area (Å²) in [5.41, 5.74) is -2.55. The highest BCUT2D eigenvalue weighted by atomic mass is 35.6. The van der Waals surface area contributed by atoms with Crippen molar-refractivity contribution in [3.63, 3.8) is 0 Å². The van der Waals surface area contributed by atoms with E-state index >= 15 is 0 Å². The second-order valence-electron chi connectivity index (χ2n) is 5.48. The fourth-order valence-corrected chi connectivity index (χ4v) is 3.83. The predicted molar refractivity (Wildman–Crippen MR) is 65.1 cm³/mol. The summed E-state index contributed by atoms with van der Waals surface area (Å²) in [5, 5.41) is -0.963. The number of cyclic esters (lactones) is 1. The monoisotopic (exact) mass is 280 g/mol. The third kappa shape index (κ3) is 0.875. The van der Waals surface area contributed by atoms with Gasteiger partial charge in [-0.2, -0.15) is 0 Å². The number of hydrogen-bond donors (Lipinski definition) is 0. The minimum atomic E-state index is -1.75. The Hall–Kier alpha value is 0.405. The standard InChI is InChI=1S/C10H12BCl3O2/c1-6(2)7(3)5(15)16-8(4,9(6,7)11)10(12,13)14/h1-4H3. The van der Waals surface area contributed by atoms with Crippen molar-refractivity contribution in [3.05, 3.63) is 0 Å². The van der Waals surface area contributed by atoms with Crippen LogP contribution in [0.1, 0.15) is 27.7 Å². The molecular formula is C10H12BCl3O2. The Kier molecular flexibility index (Phi) is 2.17. The lowest BCUT2D eigenvalue weighted by Gasteiger charge is -2.40. The molecule has 0 amide bonds. The third-order valence-corrected chi connectivity index (χ3v) is 6.04. The second kappa shape index (κ2) is 2.70. The molecule has 0 N–H and O–H groups in total. The van der Waals surface area contributed by atoms with Gasteiger partial charge in [0.05, 0.1) is 13.3 Å². The zero-order valence-corrected chi connectivity index (χ0v) is 11.8. The number of alkyl halides is 3. The molecule has 1 heterocycles. The van der Waals surface area contributed by atoms with Gasteiger partial charge in [0.25, 0.3) is 0 Å². The number of hydrogen-bond acceptors (Lipinski definition) is 2. The molecule has 1 saturated carbocycles. The van der Waals surface area contributed by atoms with E-state index in [0.717, 1.165) is 0 Å². The Morgan fingerprint density at radius 3 is 1.81 bits per heavy atom. The van der Waals surface area contributed by atoms with Gasteiger partial charge in [0, 0.05) is 0 Å². The lowest BCUT2D eigenvalue weighted by molar-refractivity contribution is -0.157. The van der Waals surface area contributed by atoms with Crippen LogP contribution in [0.25, 0.3) is 0 Å². The molecule has 0 aromatic heterocycles. The summed E-state index contributed by atoms with van der Waals surface area (Å²) >= 11 is 17.8. The van der Waals surface area contributed by atoms with Crippen LogP contribution < -0.4 is 0 Å². The van der Waals surface area contributed by atoms with Crippen LogP contribution >= 0.6 is 34.8 Å². The normalized spacial score (nSPS) is 49.8. The summed E-state index contributed by atoms with van der Waals surface area (Å²) in [4.78, 5) is 11.9. The summed E-state index contributed by atoms with van der Waals surface area (Å²) in [5.74, 6) is -0.395. The van der Waals surface area contributed by atoms with E-state index in [9.17, 15) is 4.79 Å². The fourth-order valence-electron chi connectivity index (χ4n) is 3.27. The number of fused-ring (bicyclic) bond motifs is 1. The van der Waals surface area contributed by atoms with E-state index in [1.54, 1.807) is 13.8 Å². The second-order valence-corrected chi connectivity index (χ2v) is 7.76. The minimum Gasteiger partial charge on any atom is -0.455 e. The van der Waals surface area contributed by atoms with Crippen molar-refractivity contribution < 1.29 is 9.53 Å². The first kappa shape index (κ1) is 12.9. The summed E-state index contributed by atoms with van der Waals surface area (Å²) in [6, 6.07) is 0. The highest BCUT2D eigenvalue weighted by Gasteiger charge is 2.93. The van der Waals surface area contributed by atoms with Crippen LogP contribution in [0.2, 0.25) is 5.31 Å². The van der Waals surface area contributed by atoms with Gasteiger partial charge in [0.2, 0.25) is 3.79 Å². The average Bonchev–Trinajstić information content (AvgIpc) is 2.35. The Labute approximate surface area is 111 Å². The molecule has 2 nitrogen and oxygen atoms in total. The van der Waals surface area contributed by atoms with Crippen molar-refractivity contribution >= 4 is 48.6 Å². The zero-order valence-electron chi connectivity index (χ0n) is 9.53. The first-order valence-electron chi connectivity index (χ1n) is 4.97. The minimum absolute atomic E-state index is 0.395. The van der Waals surface area contributed by atoms with Gasteiger partial charge in [0.1, 0.15) is 0 Å². The molecule has 2 rings (SSSR count). The van der Waals surface area contributed by atoms with Crippen LogP contribution in [-0.4, -0.2) is 23.2 Å². The number of halogens is 3. The largest absolute Gasteiger partial charge is 0.455 e. The van der Waals surface area contributed by atoms with Gasteiger partial charge in [-0.15, -0.1) is 0 Å². The van der Waals surface area contributed by atoms with Crippen LogP contribution in [0.3, 0.4) is 0 Å². The molecule has 0 spiro atoms. The van der Waals surface area contributed by atoms with E-state index in [1.807, 2.05) is 13.8 Å². The molecule has 0 bridgehead atoms. The third-order valence-electron chi connectivity index (χ3n) is 4.96. The van der Waals surface area contributed by atoms with Gasteiger partial charge in [-0.3, -0.25) is 4.79 Å². The Balaban J connectivity index is 2.62. The first-order valence-corrected chi connectivity index (χ1v) is 6.10. The topological polar surface area (TPSA) is 26.3 Å². The molecule has 3 unspecified atom stereocenters. The number of carbonyl (C=O) groups is 1. The molecule has 1 saturated heterocycles. The molecule has 0 aromatic carbocycles. The maximum atomic E-state index is 11.9. The molecule has 2 radical (unpaired) electrons. The van der Waals surface area contributed by atoms with Crippen LogP contribution in [0.15, 0.2) is 0 Å². The quantitative estimate of drug-likeness (QED) is 0.387. The molecule has 88 valence electrons. The van der Waals surface area contributed by atoms with Crippen LogP contribution in [0, 0.1) is 10.8 Å². The van der Waals surface area contributed by atoms with Gasteiger partial charge in [0.15, 0.2) is 5.60 Å². The molecule has 3 atom stereocenters. The highest BCUT2D eigenvalue weighted by Crippen LogP contribution is 2.91. The average molecular weight is 281 g/mol. The zero-order chi connectivity index (χ0) is 12.8.